The fourth-order valence-electron chi connectivity index (χ4n) is 1.36. The first-order chi connectivity index (χ1) is 6.42. The molecule has 0 aromatic heterocycles. The number of nitrogens with one attached hydrogen (secondary N) is 1. The van der Waals surface area contributed by atoms with Crippen molar-refractivity contribution in [1.29, 1.82) is 5.41 Å². The number of rotatable bonds is 2. The number of hydrogen-bond donors (Lipinski definition) is 1. The van der Waals surface area contributed by atoms with E-state index in [-0.39, 0.29) is 6.09 Å². The Morgan fingerprint density at radius 3 is 2.57 bits per heavy atom. The van der Waals surface area contributed by atoms with E-state index in [1.165, 1.54) is 6.21 Å². The average molecular weight is 198 g/mol. The SMILES string of the molecule is CC(C)(C)OC(=O)N1CC(CC=N)C1. The lowest BCUT2D eigenvalue weighted by Crippen LogP contribution is -2.51. The van der Waals surface area contributed by atoms with Crippen LogP contribution in [0, 0.1) is 11.3 Å². The molecule has 1 fully saturated rings. The Morgan fingerprint density at radius 2 is 2.14 bits per heavy atom. The minimum absolute atomic E-state index is 0.237. The van der Waals surface area contributed by atoms with Crippen LogP contribution in [0.3, 0.4) is 0 Å². The summed E-state index contributed by atoms with van der Waals surface area (Å²) >= 11 is 0. The summed E-state index contributed by atoms with van der Waals surface area (Å²) in [4.78, 5) is 13.1. The fraction of sp³-hybridized carbons (Fsp3) is 0.800. The molecule has 0 saturated carbocycles. The van der Waals surface area contributed by atoms with Gasteiger partial charge in [-0.05, 0) is 39.3 Å². The molecular formula is C10H18N2O2. The Morgan fingerprint density at radius 1 is 1.57 bits per heavy atom. The van der Waals surface area contributed by atoms with Crippen LogP contribution < -0.4 is 0 Å². The predicted molar refractivity (Wildman–Crippen MR) is 54.7 cm³/mol. The summed E-state index contributed by atoms with van der Waals surface area (Å²) in [6.07, 6.45) is 1.93. The molecule has 1 heterocycles. The van der Waals surface area contributed by atoms with Gasteiger partial charge in [0.2, 0.25) is 0 Å². The Balaban J connectivity index is 2.26. The van der Waals surface area contributed by atoms with Gasteiger partial charge in [0, 0.05) is 13.1 Å². The molecule has 80 valence electrons. The molecule has 1 aliphatic heterocycles. The summed E-state index contributed by atoms with van der Waals surface area (Å²) in [5, 5.41) is 6.93. The van der Waals surface area contributed by atoms with Crippen LogP contribution in [0.5, 0.6) is 0 Å². The first kappa shape index (κ1) is 11.0. The van der Waals surface area contributed by atoms with Crippen LogP contribution in [0.1, 0.15) is 27.2 Å². The second-order valence-electron chi connectivity index (χ2n) is 4.69. The second-order valence-corrected chi connectivity index (χ2v) is 4.69. The summed E-state index contributed by atoms with van der Waals surface area (Å²) < 4.78 is 5.20. The van der Waals surface area contributed by atoms with Crippen molar-refractivity contribution in [2.24, 2.45) is 5.92 Å². The van der Waals surface area contributed by atoms with Crippen molar-refractivity contribution in [3.8, 4) is 0 Å². The normalized spacial score (nSPS) is 17.5. The largest absolute Gasteiger partial charge is 0.444 e. The molecule has 1 amide bonds. The zero-order chi connectivity index (χ0) is 10.8. The van der Waals surface area contributed by atoms with Crippen molar-refractivity contribution in [3.05, 3.63) is 0 Å². The van der Waals surface area contributed by atoms with Crippen molar-refractivity contribution in [3.63, 3.8) is 0 Å². The van der Waals surface area contributed by atoms with E-state index in [4.69, 9.17) is 10.1 Å². The highest BCUT2D eigenvalue weighted by molar-refractivity contribution is 5.69. The van der Waals surface area contributed by atoms with Crippen molar-refractivity contribution < 1.29 is 9.53 Å². The van der Waals surface area contributed by atoms with Crippen LogP contribution >= 0.6 is 0 Å². The van der Waals surface area contributed by atoms with Crippen LogP contribution in [0.4, 0.5) is 4.79 Å². The molecule has 0 spiro atoms. The van der Waals surface area contributed by atoms with Crippen LogP contribution in [0.2, 0.25) is 0 Å². The standard InChI is InChI=1S/C10H18N2O2/c1-10(2,3)14-9(13)12-6-8(7-12)4-5-11/h5,8,11H,4,6-7H2,1-3H3. The number of carbonyl (C=O) groups excluding carboxylic acids is 1. The van der Waals surface area contributed by atoms with E-state index in [0.717, 1.165) is 19.5 Å². The van der Waals surface area contributed by atoms with Crippen molar-refractivity contribution in [2.75, 3.05) is 13.1 Å². The lowest BCUT2D eigenvalue weighted by atomic mass is 9.98. The Hall–Kier alpha value is -1.06. The summed E-state index contributed by atoms with van der Waals surface area (Å²) in [5.41, 5.74) is -0.413. The third-order valence-corrected chi connectivity index (χ3v) is 2.06. The maximum Gasteiger partial charge on any atom is 0.410 e. The van der Waals surface area contributed by atoms with Crippen molar-refractivity contribution in [1.82, 2.24) is 4.90 Å². The van der Waals surface area contributed by atoms with E-state index in [1.54, 1.807) is 4.90 Å². The number of nitrogens with zero attached hydrogens (tertiary/aromatic N) is 1. The molecule has 0 unspecified atom stereocenters. The van der Waals surface area contributed by atoms with E-state index in [9.17, 15) is 4.79 Å². The number of carbonyl (C=O) groups is 1. The van der Waals surface area contributed by atoms with E-state index in [2.05, 4.69) is 0 Å². The molecule has 4 heteroatoms. The van der Waals surface area contributed by atoms with E-state index < -0.39 is 5.60 Å². The molecule has 1 N–H and O–H groups in total. The smallest absolute Gasteiger partial charge is 0.410 e. The van der Waals surface area contributed by atoms with Gasteiger partial charge in [0.25, 0.3) is 0 Å². The number of hydrogen-bond acceptors (Lipinski definition) is 3. The maximum absolute atomic E-state index is 11.4. The Labute approximate surface area is 84.7 Å². The van der Waals surface area contributed by atoms with Gasteiger partial charge in [-0.1, -0.05) is 0 Å². The lowest BCUT2D eigenvalue weighted by Gasteiger charge is -2.39. The molecule has 0 aliphatic carbocycles. The predicted octanol–water partition coefficient (Wildman–Crippen LogP) is 1.89. The van der Waals surface area contributed by atoms with Gasteiger partial charge in [-0.2, -0.15) is 0 Å². The maximum atomic E-state index is 11.4. The second kappa shape index (κ2) is 3.98. The molecule has 0 aromatic rings. The highest BCUT2D eigenvalue weighted by Gasteiger charge is 2.32. The van der Waals surface area contributed by atoms with Crippen LogP contribution in [0.15, 0.2) is 0 Å². The van der Waals surface area contributed by atoms with Gasteiger partial charge in [0.1, 0.15) is 5.60 Å². The van der Waals surface area contributed by atoms with Crippen LogP contribution in [0.25, 0.3) is 0 Å². The van der Waals surface area contributed by atoms with E-state index >= 15 is 0 Å². The van der Waals surface area contributed by atoms with Gasteiger partial charge in [0.05, 0.1) is 0 Å². The highest BCUT2D eigenvalue weighted by atomic mass is 16.6. The first-order valence-corrected chi connectivity index (χ1v) is 4.89. The topological polar surface area (TPSA) is 53.4 Å². The van der Waals surface area contributed by atoms with Crippen LogP contribution in [-0.4, -0.2) is 35.9 Å². The average Bonchev–Trinajstić information content (AvgIpc) is 1.91. The molecule has 14 heavy (non-hydrogen) atoms. The Kier molecular flexibility index (Phi) is 3.13. The van der Waals surface area contributed by atoms with Crippen LogP contribution in [-0.2, 0) is 4.74 Å². The summed E-state index contributed by atoms with van der Waals surface area (Å²) in [5.74, 6) is 0.458. The van der Waals surface area contributed by atoms with Crippen molar-refractivity contribution >= 4 is 12.3 Å². The van der Waals surface area contributed by atoms with Gasteiger partial charge >= 0.3 is 6.09 Å². The highest BCUT2D eigenvalue weighted by Crippen LogP contribution is 2.20. The zero-order valence-electron chi connectivity index (χ0n) is 9.04. The minimum atomic E-state index is -0.413. The van der Waals surface area contributed by atoms with E-state index in [1.807, 2.05) is 20.8 Å². The Bertz CT molecular complexity index is 227. The van der Waals surface area contributed by atoms with Gasteiger partial charge in [-0.25, -0.2) is 4.79 Å². The third-order valence-electron chi connectivity index (χ3n) is 2.06. The molecule has 1 rings (SSSR count). The molecule has 0 bridgehead atoms. The van der Waals surface area contributed by atoms with E-state index in [0.29, 0.717) is 5.92 Å². The van der Waals surface area contributed by atoms with Gasteiger partial charge < -0.3 is 15.0 Å². The van der Waals surface area contributed by atoms with Crippen molar-refractivity contribution in [2.45, 2.75) is 32.8 Å². The monoisotopic (exact) mass is 198 g/mol. The number of ether oxygens (including phenoxy) is 1. The van der Waals surface area contributed by atoms with Gasteiger partial charge in [-0.15, -0.1) is 0 Å². The zero-order valence-corrected chi connectivity index (χ0v) is 9.04. The molecule has 1 saturated heterocycles. The molecule has 0 radical (unpaired) electrons. The number of likely N-dealkylation sites (tertiary alicyclic amines) is 1. The summed E-state index contributed by atoms with van der Waals surface area (Å²) in [7, 11) is 0. The quantitative estimate of drug-likeness (QED) is 0.689. The minimum Gasteiger partial charge on any atom is -0.444 e. The fourth-order valence-corrected chi connectivity index (χ4v) is 1.36. The summed E-state index contributed by atoms with van der Waals surface area (Å²) in [6, 6.07) is 0. The van der Waals surface area contributed by atoms with Gasteiger partial charge in [0.15, 0.2) is 0 Å². The molecule has 0 aromatic carbocycles. The molecule has 4 nitrogen and oxygen atoms in total. The first-order valence-electron chi connectivity index (χ1n) is 4.89. The summed E-state index contributed by atoms with van der Waals surface area (Å²) in [6.45, 7) is 7.04. The molecular weight excluding hydrogens is 180 g/mol. The third kappa shape index (κ3) is 3.01. The number of amides is 1. The molecule has 0 atom stereocenters. The molecule has 1 aliphatic rings. The van der Waals surface area contributed by atoms with Gasteiger partial charge in [-0.3, -0.25) is 0 Å². The lowest BCUT2D eigenvalue weighted by molar-refractivity contribution is 0.000150.